The van der Waals surface area contributed by atoms with Crippen molar-refractivity contribution in [2.24, 2.45) is 5.92 Å². The molecule has 1 heterocycles. The van der Waals surface area contributed by atoms with Gasteiger partial charge in [-0.05, 0) is 32.6 Å². The molecular weight excluding hydrogens is 242 g/mol. The second-order valence-electron chi connectivity index (χ2n) is 4.51. The standard InChI is InChI=1S/C12H16ClNO3/c1-7-10(13)11(14-17-7)8-3-5-9(6-4-8)12(15)16-2/h8-9H,3-6H2,1-2H3. The normalized spacial score (nSPS) is 24.6. The zero-order valence-corrected chi connectivity index (χ0v) is 10.8. The van der Waals surface area contributed by atoms with Gasteiger partial charge in [0.25, 0.3) is 0 Å². The molecule has 2 rings (SSSR count). The molecule has 1 aliphatic carbocycles. The molecule has 0 N–H and O–H groups in total. The van der Waals surface area contributed by atoms with Crippen molar-refractivity contribution in [2.45, 2.75) is 38.5 Å². The van der Waals surface area contributed by atoms with E-state index in [9.17, 15) is 4.79 Å². The maximum atomic E-state index is 11.4. The fourth-order valence-corrected chi connectivity index (χ4v) is 2.62. The van der Waals surface area contributed by atoms with Gasteiger partial charge >= 0.3 is 5.97 Å². The Morgan fingerprint density at radius 2 is 2.06 bits per heavy atom. The molecule has 0 amide bonds. The maximum absolute atomic E-state index is 11.4. The summed E-state index contributed by atoms with van der Waals surface area (Å²) in [4.78, 5) is 11.4. The minimum Gasteiger partial charge on any atom is -0.469 e. The molecule has 1 aromatic rings. The van der Waals surface area contributed by atoms with Crippen molar-refractivity contribution < 1.29 is 14.1 Å². The monoisotopic (exact) mass is 257 g/mol. The van der Waals surface area contributed by atoms with Gasteiger partial charge < -0.3 is 9.26 Å². The van der Waals surface area contributed by atoms with Crippen LogP contribution in [-0.2, 0) is 9.53 Å². The average molecular weight is 258 g/mol. The number of halogens is 1. The molecule has 1 fully saturated rings. The lowest BCUT2D eigenvalue weighted by Gasteiger charge is -2.25. The van der Waals surface area contributed by atoms with Crippen LogP contribution in [0.15, 0.2) is 4.52 Å². The van der Waals surface area contributed by atoms with Crippen LogP contribution in [0.3, 0.4) is 0 Å². The largest absolute Gasteiger partial charge is 0.469 e. The lowest BCUT2D eigenvalue weighted by molar-refractivity contribution is -0.146. The molecule has 1 aliphatic rings. The smallest absolute Gasteiger partial charge is 0.308 e. The second-order valence-corrected chi connectivity index (χ2v) is 4.89. The molecule has 4 nitrogen and oxygen atoms in total. The molecule has 1 aromatic heterocycles. The van der Waals surface area contributed by atoms with Crippen LogP contribution in [0.4, 0.5) is 0 Å². The Morgan fingerprint density at radius 3 is 2.53 bits per heavy atom. The van der Waals surface area contributed by atoms with E-state index in [1.165, 1.54) is 7.11 Å². The van der Waals surface area contributed by atoms with E-state index in [0.717, 1.165) is 31.4 Å². The number of ether oxygens (including phenoxy) is 1. The first-order chi connectivity index (χ1) is 8.13. The Balaban J connectivity index is 2.00. The number of aryl methyl sites for hydroxylation is 1. The van der Waals surface area contributed by atoms with E-state index in [2.05, 4.69) is 5.16 Å². The van der Waals surface area contributed by atoms with Crippen LogP contribution in [0.25, 0.3) is 0 Å². The van der Waals surface area contributed by atoms with Gasteiger partial charge in [0.05, 0.1) is 13.0 Å². The van der Waals surface area contributed by atoms with Crippen LogP contribution in [-0.4, -0.2) is 18.2 Å². The van der Waals surface area contributed by atoms with E-state index in [0.29, 0.717) is 16.7 Å². The molecule has 0 aliphatic heterocycles. The van der Waals surface area contributed by atoms with E-state index in [1.807, 2.05) is 0 Å². The zero-order valence-electron chi connectivity index (χ0n) is 10.0. The van der Waals surface area contributed by atoms with Gasteiger partial charge in [-0.1, -0.05) is 16.8 Å². The summed E-state index contributed by atoms with van der Waals surface area (Å²) < 4.78 is 9.83. The van der Waals surface area contributed by atoms with E-state index in [1.54, 1.807) is 6.92 Å². The first-order valence-electron chi connectivity index (χ1n) is 5.83. The van der Waals surface area contributed by atoms with Crippen molar-refractivity contribution in [1.29, 1.82) is 0 Å². The Morgan fingerprint density at radius 1 is 1.41 bits per heavy atom. The van der Waals surface area contributed by atoms with Gasteiger partial charge in [0.1, 0.15) is 10.7 Å². The Bertz CT molecular complexity index is 408. The van der Waals surface area contributed by atoms with Crippen molar-refractivity contribution in [1.82, 2.24) is 5.16 Å². The second kappa shape index (κ2) is 5.08. The summed E-state index contributed by atoms with van der Waals surface area (Å²) in [7, 11) is 1.44. The number of carbonyl (C=O) groups is 1. The minimum atomic E-state index is -0.106. The molecule has 0 radical (unpaired) electrons. The fourth-order valence-electron chi connectivity index (χ4n) is 2.40. The molecule has 94 valence electrons. The third kappa shape index (κ3) is 2.46. The highest BCUT2D eigenvalue weighted by Gasteiger charge is 2.30. The van der Waals surface area contributed by atoms with Crippen molar-refractivity contribution in [3.05, 3.63) is 16.5 Å². The Labute approximate surface area is 105 Å². The lowest BCUT2D eigenvalue weighted by Crippen LogP contribution is -2.22. The van der Waals surface area contributed by atoms with E-state index in [-0.39, 0.29) is 11.9 Å². The van der Waals surface area contributed by atoms with Crippen LogP contribution in [0.2, 0.25) is 5.02 Å². The molecule has 0 bridgehead atoms. The third-order valence-electron chi connectivity index (χ3n) is 3.46. The Kier molecular flexibility index (Phi) is 3.72. The summed E-state index contributed by atoms with van der Waals surface area (Å²) in [5, 5.41) is 4.64. The minimum absolute atomic E-state index is 0.0306. The fraction of sp³-hybridized carbons (Fsp3) is 0.667. The summed E-state index contributed by atoms with van der Waals surface area (Å²) in [6, 6.07) is 0. The summed E-state index contributed by atoms with van der Waals surface area (Å²) in [6.45, 7) is 1.80. The van der Waals surface area contributed by atoms with Crippen LogP contribution in [0.1, 0.15) is 43.1 Å². The van der Waals surface area contributed by atoms with Gasteiger partial charge in [-0.3, -0.25) is 4.79 Å². The van der Waals surface area contributed by atoms with Crippen molar-refractivity contribution >= 4 is 17.6 Å². The molecule has 1 saturated carbocycles. The van der Waals surface area contributed by atoms with Gasteiger partial charge in [0.15, 0.2) is 5.76 Å². The topological polar surface area (TPSA) is 52.3 Å². The number of hydrogen-bond acceptors (Lipinski definition) is 4. The van der Waals surface area contributed by atoms with Crippen LogP contribution in [0.5, 0.6) is 0 Å². The Hall–Kier alpha value is -1.03. The van der Waals surface area contributed by atoms with E-state index in [4.69, 9.17) is 20.9 Å². The molecule has 0 unspecified atom stereocenters. The van der Waals surface area contributed by atoms with Crippen molar-refractivity contribution in [3.63, 3.8) is 0 Å². The van der Waals surface area contributed by atoms with Crippen LogP contribution < -0.4 is 0 Å². The van der Waals surface area contributed by atoms with Gasteiger partial charge in [-0.25, -0.2) is 0 Å². The van der Waals surface area contributed by atoms with Crippen LogP contribution in [0, 0.1) is 12.8 Å². The molecule has 17 heavy (non-hydrogen) atoms. The van der Waals surface area contributed by atoms with Gasteiger partial charge in [0, 0.05) is 5.92 Å². The summed E-state index contributed by atoms with van der Waals surface area (Å²) in [5.74, 6) is 0.895. The first kappa shape index (κ1) is 12.4. The maximum Gasteiger partial charge on any atom is 0.308 e. The quantitative estimate of drug-likeness (QED) is 0.764. The van der Waals surface area contributed by atoms with Crippen molar-refractivity contribution in [2.75, 3.05) is 7.11 Å². The molecule has 0 saturated heterocycles. The summed E-state index contributed by atoms with van der Waals surface area (Å²) in [5.41, 5.74) is 0.840. The molecule has 0 aromatic carbocycles. The van der Waals surface area contributed by atoms with Crippen molar-refractivity contribution in [3.8, 4) is 0 Å². The predicted octanol–water partition coefficient (Wildman–Crippen LogP) is 3.08. The number of rotatable bonds is 2. The predicted molar refractivity (Wildman–Crippen MR) is 63.0 cm³/mol. The van der Waals surface area contributed by atoms with Gasteiger partial charge in [0.2, 0.25) is 0 Å². The number of esters is 1. The van der Waals surface area contributed by atoms with E-state index >= 15 is 0 Å². The number of carbonyl (C=O) groups excluding carboxylic acids is 1. The van der Waals surface area contributed by atoms with E-state index < -0.39 is 0 Å². The SMILES string of the molecule is COC(=O)C1CCC(c2noc(C)c2Cl)CC1. The highest BCUT2D eigenvalue weighted by molar-refractivity contribution is 6.31. The van der Waals surface area contributed by atoms with Crippen LogP contribution >= 0.6 is 11.6 Å². The molecule has 5 heteroatoms. The molecule has 0 atom stereocenters. The number of nitrogens with zero attached hydrogens (tertiary/aromatic N) is 1. The summed E-state index contributed by atoms with van der Waals surface area (Å²) >= 11 is 6.12. The first-order valence-corrected chi connectivity index (χ1v) is 6.20. The number of hydrogen-bond donors (Lipinski definition) is 0. The molecule has 0 spiro atoms. The lowest BCUT2D eigenvalue weighted by atomic mass is 9.80. The third-order valence-corrected chi connectivity index (χ3v) is 3.92. The molecular formula is C12H16ClNO3. The number of aromatic nitrogens is 1. The number of methoxy groups -OCH3 is 1. The highest BCUT2D eigenvalue weighted by atomic mass is 35.5. The average Bonchev–Trinajstić information content (AvgIpc) is 2.69. The summed E-state index contributed by atoms with van der Waals surface area (Å²) in [6.07, 6.45) is 3.48. The van der Waals surface area contributed by atoms with Gasteiger partial charge in [-0.2, -0.15) is 0 Å². The van der Waals surface area contributed by atoms with Gasteiger partial charge in [-0.15, -0.1) is 0 Å². The highest BCUT2D eigenvalue weighted by Crippen LogP contribution is 2.39. The zero-order chi connectivity index (χ0) is 12.4.